The van der Waals surface area contributed by atoms with Crippen molar-refractivity contribution in [1.82, 2.24) is 4.90 Å². The first kappa shape index (κ1) is 14.0. The van der Waals surface area contributed by atoms with Crippen molar-refractivity contribution in [2.75, 3.05) is 6.54 Å². The van der Waals surface area contributed by atoms with Gasteiger partial charge in [0.1, 0.15) is 0 Å². The molecule has 0 bridgehead atoms. The highest BCUT2D eigenvalue weighted by atomic mass is 79.9. The maximum absolute atomic E-state index is 11.7. The Morgan fingerprint density at radius 2 is 2.18 bits per heavy atom. The molecule has 0 saturated heterocycles. The fraction of sp³-hybridized carbons (Fsp3) is 0.357. The molecule has 0 unspecified atom stereocenters. The van der Waals surface area contributed by atoms with Crippen molar-refractivity contribution in [1.29, 1.82) is 0 Å². The average Bonchev–Trinajstić information content (AvgIpc) is 2.35. The number of nitrogens with zero attached hydrogens (tertiary/aromatic N) is 1. The minimum Gasteiger partial charge on any atom is -0.335 e. The van der Waals surface area contributed by atoms with E-state index in [4.69, 9.17) is 0 Å². The number of carbonyl (C=O) groups excluding carboxylic acids is 1. The number of benzene rings is 1. The van der Waals surface area contributed by atoms with E-state index in [1.165, 1.54) is 6.08 Å². The van der Waals surface area contributed by atoms with Gasteiger partial charge in [-0.3, -0.25) is 4.79 Å². The topological polar surface area (TPSA) is 20.3 Å². The van der Waals surface area contributed by atoms with Crippen molar-refractivity contribution >= 4 is 21.8 Å². The molecule has 92 valence electrons. The first-order chi connectivity index (χ1) is 8.19. The summed E-state index contributed by atoms with van der Waals surface area (Å²) in [4.78, 5) is 13.6. The molecule has 1 rings (SSSR count). The van der Waals surface area contributed by atoms with Gasteiger partial charge in [-0.05, 0) is 24.1 Å². The zero-order valence-corrected chi connectivity index (χ0v) is 11.7. The maximum Gasteiger partial charge on any atom is 0.246 e. The zero-order chi connectivity index (χ0) is 12.7. The molecule has 0 fully saturated rings. The first-order valence-electron chi connectivity index (χ1n) is 5.83. The standard InChI is InChI=1S/C14H18BrNO/c1-3-5-10-16(14(17)4-2)11-12-8-6-7-9-13(12)15/h4,6-9H,2-3,5,10-11H2,1H3. The lowest BCUT2D eigenvalue weighted by Gasteiger charge is -2.21. The van der Waals surface area contributed by atoms with Crippen LogP contribution < -0.4 is 0 Å². The van der Waals surface area contributed by atoms with Crippen LogP contribution in [0.4, 0.5) is 0 Å². The fourth-order valence-electron chi connectivity index (χ4n) is 1.58. The van der Waals surface area contributed by atoms with E-state index in [9.17, 15) is 4.79 Å². The molecule has 0 spiro atoms. The maximum atomic E-state index is 11.7. The second kappa shape index (κ2) is 7.28. The first-order valence-corrected chi connectivity index (χ1v) is 6.63. The average molecular weight is 296 g/mol. The molecule has 17 heavy (non-hydrogen) atoms. The number of hydrogen-bond donors (Lipinski definition) is 0. The van der Waals surface area contributed by atoms with E-state index in [0.717, 1.165) is 29.4 Å². The second-order valence-electron chi connectivity index (χ2n) is 3.91. The fourth-order valence-corrected chi connectivity index (χ4v) is 1.99. The molecule has 0 aliphatic heterocycles. The highest BCUT2D eigenvalue weighted by molar-refractivity contribution is 9.10. The van der Waals surface area contributed by atoms with Crippen molar-refractivity contribution in [3.05, 3.63) is 47.0 Å². The third kappa shape index (κ3) is 4.35. The highest BCUT2D eigenvalue weighted by Gasteiger charge is 2.11. The number of hydrogen-bond acceptors (Lipinski definition) is 1. The Balaban J connectivity index is 2.75. The van der Waals surface area contributed by atoms with Crippen LogP contribution in [0.1, 0.15) is 25.3 Å². The summed E-state index contributed by atoms with van der Waals surface area (Å²) in [5.74, 6) is -0.00537. The van der Waals surface area contributed by atoms with Crippen LogP contribution in [-0.4, -0.2) is 17.4 Å². The molecule has 0 aliphatic rings. The number of amides is 1. The quantitative estimate of drug-likeness (QED) is 0.732. The number of carbonyl (C=O) groups is 1. The molecule has 2 nitrogen and oxygen atoms in total. The highest BCUT2D eigenvalue weighted by Crippen LogP contribution is 2.18. The van der Waals surface area contributed by atoms with Gasteiger partial charge in [0.25, 0.3) is 0 Å². The van der Waals surface area contributed by atoms with Gasteiger partial charge in [0, 0.05) is 17.6 Å². The molecule has 0 saturated carbocycles. The smallest absolute Gasteiger partial charge is 0.246 e. The molecule has 0 radical (unpaired) electrons. The summed E-state index contributed by atoms with van der Waals surface area (Å²) in [6, 6.07) is 7.97. The summed E-state index contributed by atoms with van der Waals surface area (Å²) >= 11 is 3.50. The molecule has 0 N–H and O–H groups in total. The Morgan fingerprint density at radius 3 is 2.76 bits per heavy atom. The van der Waals surface area contributed by atoms with Gasteiger partial charge in [-0.25, -0.2) is 0 Å². The van der Waals surface area contributed by atoms with Gasteiger partial charge in [0.05, 0.1) is 0 Å². The summed E-state index contributed by atoms with van der Waals surface area (Å²) in [5, 5.41) is 0. The Morgan fingerprint density at radius 1 is 1.47 bits per heavy atom. The lowest BCUT2D eigenvalue weighted by atomic mass is 10.2. The van der Waals surface area contributed by atoms with Crippen LogP contribution in [-0.2, 0) is 11.3 Å². The van der Waals surface area contributed by atoms with E-state index in [-0.39, 0.29) is 5.91 Å². The third-order valence-electron chi connectivity index (χ3n) is 2.59. The molecule has 1 aromatic rings. The SMILES string of the molecule is C=CC(=O)N(CCCC)Cc1ccccc1Br. The normalized spacial score (nSPS) is 10.0. The summed E-state index contributed by atoms with van der Waals surface area (Å²) < 4.78 is 1.04. The van der Waals surface area contributed by atoms with Gasteiger partial charge in [-0.1, -0.05) is 54.1 Å². The lowest BCUT2D eigenvalue weighted by molar-refractivity contribution is -0.126. The summed E-state index contributed by atoms with van der Waals surface area (Å²) in [6.07, 6.45) is 3.48. The van der Waals surface area contributed by atoms with Crippen LogP contribution in [0, 0.1) is 0 Å². The molecule has 0 aromatic heterocycles. The van der Waals surface area contributed by atoms with Crippen molar-refractivity contribution in [3.63, 3.8) is 0 Å². The summed E-state index contributed by atoms with van der Waals surface area (Å²) in [7, 11) is 0. The van der Waals surface area contributed by atoms with Gasteiger partial charge in [0.15, 0.2) is 0 Å². The molecule has 0 aliphatic carbocycles. The monoisotopic (exact) mass is 295 g/mol. The molecular weight excluding hydrogens is 278 g/mol. The molecule has 1 amide bonds. The van der Waals surface area contributed by atoms with Crippen molar-refractivity contribution < 1.29 is 4.79 Å². The predicted molar refractivity (Wildman–Crippen MR) is 74.7 cm³/mol. The van der Waals surface area contributed by atoms with Gasteiger partial charge in [-0.2, -0.15) is 0 Å². The van der Waals surface area contributed by atoms with Crippen LogP contribution in [0.2, 0.25) is 0 Å². The Hall–Kier alpha value is -1.09. The van der Waals surface area contributed by atoms with Gasteiger partial charge >= 0.3 is 0 Å². The van der Waals surface area contributed by atoms with Crippen LogP contribution in [0.3, 0.4) is 0 Å². The van der Waals surface area contributed by atoms with Crippen LogP contribution >= 0.6 is 15.9 Å². The summed E-state index contributed by atoms with van der Waals surface area (Å²) in [6.45, 7) is 7.08. The van der Waals surface area contributed by atoms with E-state index in [0.29, 0.717) is 6.54 Å². The van der Waals surface area contributed by atoms with Gasteiger partial charge in [0.2, 0.25) is 5.91 Å². The van der Waals surface area contributed by atoms with E-state index in [1.807, 2.05) is 29.2 Å². The Bertz CT molecular complexity index is 390. The molecule has 0 atom stereocenters. The van der Waals surface area contributed by atoms with E-state index < -0.39 is 0 Å². The van der Waals surface area contributed by atoms with Gasteiger partial charge in [-0.15, -0.1) is 0 Å². The molecule has 1 aromatic carbocycles. The Labute approximate surface area is 111 Å². The molecule has 3 heteroatoms. The van der Waals surface area contributed by atoms with Crippen LogP contribution in [0.15, 0.2) is 41.4 Å². The van der Waals surface area contributed by atoms with E-state index >= 15 is 0 Å². The van der Waals surface area contributed by atoms with Crippen molar-refractivity contribution in [2.24, 2.45) is 0 Å². The Kier molecular flexibility index (Phi) is 5.98. The lowest BCUT2D eigenvalue weighted by Crippen LogP contribution is -2.29. The second-order valence-corrected chi connectivity index (χ2v) is 4.76. The largest absolute Gasteiger partial charge is 0.335 e. The molecule has 0 heterocycles. The van der Waals surface area contributed by atoms with E-state index in [2.05, 4.69) is 29.4 Å². The van der Waals surface area contributed by atoms with Gasteiger partial charge < -0.3 is 4.90 Å². The number of halogens is 1. The van der Waals surface area contributed by atoms with Crippen LogP contribution in [0.5, 0.6) is 0 Å². The zero-order valence-electron chi connectivity index (χ0n) is 10.2. The van der Waals surface area contributed by atoms with Crippen LogP contribution in [0.25, 0.3) is 0 Å². The minimum atomic E-state index is -0.00537. The van der Waals surface area contributed by atoms with Crippen molar-refractivity contribution in [2.45, 2.75) is 26.3 Å². The predicted octanol–water partition coefficient (Wildman–Crippen LogP) is 3.76. The molecular formula is C14H18BrNO. The number of rotatable bonds is 6. The third-order valence-corrected chi connectivity index (χ3v) is 3.36. The summed E-state index contributed by atoms with van der Waals surface area (Å²) in [5.41, 5.74) is 1.12. The minimum absolute atomic E-state index is 0.00537. The van der Waals surface area contributed by atoms with Crippen molar-refractivity contribution in [3.8, 4) is 0 Å². The number of unbranched alkanes of at least 4 members (excludes halogenated alkanes) is 1. The van der Waals surface area contributed by atoms with E-state index in [1.54, 1.807) is 0 Å².